The number of Topliss-reactive ketones (excluding diaryl/α,β-unsaturated/α-hetero) is 1. The van der Waals surface area contributed by atoms with Gasteiger partial charge in [0, 0.05) is 6.42 Å². The van der Waals surface area contributed by atoms with Gasteiger partial charge in [-0.15, -0.1) is 0 Å². The minimum absolute atomic E-state index is 0.375. The lowest BCUT2D eigenvalue weighted by Crippen LogP contribution is -2.05. The number of hydrogen-bond donors (Lipinski definition) is 0. The Morgan fingerprint density at radius 2 is 1.43 bits per heavy atom. The average Bonchev–Trinajstić information content (AvgIpc) is 2.18. The van der Waals surface area contributed by atoms with Crippen molar-refractivity contribution < 1.29 is 4.79 Å². The molecule has 0 fully saturated rings. The van der Waals surface area contributed by atoms with Gasteiger partial charge in [0.05, 0.1) is 0 Å². The van der Waals surface area contributed by atoms with Crippen molar-refractivity contribution >= 4 is 5.78 Å². The Balaban J connectivity index is 4.68. The van der Waals surface area contributed by atoms with Gasteiger partial charge in [-0.2, -0.15) is 0 Å². The number of carbonyl (C=O) groups is 1. The number of rotatable bonds is 7. The molecule has 0 unspecified atom stereocenters. The van der Waals surface area contributed by atoms with E-state index in [1.54, 1.807) is 0 Å². The first kappa shape index (κ1) is 13.4. The molecular weight excluding hydrogens is 172 g/mol. The van der Waals surface area contributed by atoms with Crippen LogP contribution in [0.15, 0.2) is 11.1 Å². The summed E-state index contributed by atoms with van der Waals surface area (Å²) in [5, 5.41) is 0. The predicted molar refractivity (Wildman–Crippen MR) is 62.4 cm³/mol. The Morgan fingerprint density at radius 3 is 1.79 bits per heavy atom. The summed E-state index contributed by atoms with van der Waals surface area (Å²) in [5.74, 6) is 0.375. The van der Waals surface area contributed by atoms with E-state index in [9.17, 15) is 4.79 Å². The lowest BCUT2D eigenvalue weighted by atomic mass is 9.94. The Bertz CT molecular complexity index is 201. The van der Waals surface area contributed by atoms with E-state index in [1.807, 2.05) is 0 Å². The SMILES string of the molecule is CCCC(=O)/C(CC)=C(/CC)CCC. The van der Waals surface area contributed by atoms with Gasteiger partial charge < -0.3 is 0 Å². The van der Waals surface area contributed by atoms with Gasteiger partial charge in [0.25, 0.3) is 0 Å². The second-order valence-corrected chi connectivity index (χ2v) is 3.71. The Hall–Kier alpha value is -0.590. The van der Waals surface area contributed by atoms with Crippen molar-refractivity contribution in [3.05, 3.63) is 11.1 Å². The second kappa shape index (κ2) is 7.78. The molecular formula is C13H24O. The van der Waals surface area contributed by atoms with Gasteiger partial charge in [0.2, 0.25) is 0 Å². The Morgan fingerprint density at radius 1 is 0.857 bits per heavy atom. The van der Waals surface area contributed by atoms with E-state index < -0.39 is 0 Å². The van der Waals surface area contributed by atoms with Crippen molar-refractivity contribution in [1.29, 1.82) is 0 Å². The largest absolute Gasteiger partial charge is 0.295 e. The van der Waals surface area contributed by atoms with Crippen molar-refractivity contribution in [1.82, 2.24) is 0 Å². The van der Waals surface area contributed by atoms with Gasteiger partial charge in [0.1, 0.15) is 0 Å². The molecule has 0 aromatic carbocycles. The molecule has 0 aromatic rings. The van der Waals surface area contributed by atoms with Crippen LogP contribution in [0.1, 0.15) is 66.2 Å². The molecule has 0 saturated carbocycles. The smallest absolute Gasteiger partial charge is 0.158 e. The van der Waals surface area contributed by atoms with Crippen LogP contribution in [0.25, 0.3) is 0 Å². The lowest BCUT2D eigenvalue weighted by molar-refractivity contribution is -0.115. The van der Waals surface area contributed by atoms with Gasteiger partial charge in [-0.25, -0.2) is 0 Å². The minimum Gasteiger partial charge on any atom is -0.295 e. The van der Waals surface area contributed by atoms with Crippen LogP contribution in [-0.4, -0.2) is 5.78 Å². The van der Waals surface area contributed by atoms with Crippen molar-refractivity contribution in [3.8, 4) is 0 Å². The predicted octanol–water partition coefficient (Wildman–Crippen LogP) is 4.27. The molecule has 0 aromatic heterocycles. The molecule has 0 rings (SSSR count). The highest BCUT2D eigenvalue weighted by Gasteiger charge is 2.10. The van der Waals surface area contributed by atoms with Crippen LogP contribution in [0.3, 0.4) is 0 Å². The van der Waals surface area contributed by atoms with Crippen LogP contribution in [0, 0.1) is 0 Å². The molecule has 14 heavy (non-hydrogen) atoms. The maximum Gasteiger partial charge on any atom is 0.158 e. The summed E-state index contributed by atoms with van der Waals surface area (Å²) in [6, 6.07) is 0. The molecule has 0 radical (unpaired) electrons. The minimum atomic E-state index is 0.375. The molecule has 1 nitrogen and oxygen atoms in total. The third kappa shape index (κ3) is 4.08. The van der Waals surface area contributed by atoms with E-state index in [2.05, 4.69) is 27.7 Å². The zero-order valence-corrected chi connectivity index (χ0v) is 10.2. The van der Waals surface area contributed by atoms with Crippen LogP contribution in [0.4, 0.5) is 0 Å². The molecule has 82 valence electrons. The summed E-state index contributed by atoms with van der Waals surface area (Å²) in [6.07, 6.45) is 5.86. The van der Waals surface area contributed by atoms with Crippen molar-refractivity contribution in [2.45, 2.75) is 66.2 Å². The van der Waals surface area contributed by atoms with E-state index in [0.29, 0.717) is 5.78 Å². The molecule has 0 heterocycles. The highest BCUT2D eigenvalue weighted by molar-refractivity contribution is 5.95. The Labute approximate surface area is 88.6 Å². The zero-order chi connectivity index (χ0) is 11.0. The third-order valence-corrected chi connectivity index (χ3v) is 2.57. The monoisotopic (exact) mass is 196 g/mol. The van der Waals surface area contributed by atoms with Crippen LogP contribution in [-0.2, 0) is 4.79 Å². The summed E-state index contributed by atoms with van der Waals surface area (Å²) >= 11 is 0. The van der Waals surface area contributed by atoms with Gasteiger partial charge >= 0.3 is 0 Å². The van der Waals surface area contributed by atoms with Crippen molar-refractivity contribution in [3.63, 3.8) is 0 Å². The van der Waals surface area contributed by atoms with E-state index in [-0.39, 0.29) is 0 Å². The first-order valence-corrected chi connectivity index (χ1v) is 5.95. The molecule has 0 N–H and O–H groups in total. The highest BCUT2D eigenvalue weighted by atomic mass is 16.1. The second-order valence-electron chi connectivity index (χ2n) is 3.71. The maximum absolute atomic E-state index is 11.8. The summed E-state index contributed by atoms with van der Waals surface area (Å²) in [6.45, 7) is 8.48. The number of ketones is 1. The zero-order valence-electron chi connectivity index (χ0n) is 10.2. The fourth-order valence-corrected chi connectivity index (χ4v) is 1.87. The van der Waals surface area contributed by atoms with Crippen LogP contribution >= 0.6 is 0 Å². The molecule has 0 amide bonds. The topological polar surface area (TPSA) is 17.1 Å². The average molecular weight is 196 g/mol. The highest BCUT2D eigenvalue weighted by Crippen LogP contribution is 2.20. The van der Waals surface area contributed by atoms with E-state index in [0.717, 1.165) is 44.1 Å². The lowest BCUT2D eigenvalue weighted by Gasteiger charge is -2.10. The van der Waals surface area contributed by atoms with Crippen molar-refractivity contribution in [2.75, 3.05) is 0 Å². The normalized spacial score (nSPS) is 12.6. The molecule has 0 bridgehead atoms. The molecule has 0 aliphatic heterocycles. The molecule has 0 aliphatic rings. The van der Waals surface area contributed by atoms with Gasteiger partial charge in [0.15, 0.2) is 5.78 Å². The van der Waals surface area contributed by atoms with Crippen LogP contribution in [0.2, 0.25) is 0 Å². The number of allylic oxidation sites excluding steroid dienone is 2. The maximum atomic E-state index is 11.8. The van der Waals surface area contributed by atoms with Gasteiger partial charge in [-0.3, -0.25) is 4.79 Å². The fraction of sp³-hybridized carbons (Fsp3) is 0.769. The number of carbonyl (C=O) groups excluding carboxylic acids is 1. The number of hydrogen-bond acceptors (Lipinski definition) is 1. The van der Waals surface area contributed by atoms with E-state index >= 15 is 0 Å². The molecule has 0 saturated heterocycles. The third-order valence-electron chi connectivity index (χ3n) is 2.57. The first-order chi connectivity index (χ1) is 6.71. The van der Waals surface area contributed by atoms with Crippen molar-refractivity contribution in [2.24, 2.45) is 0 Å². The summed E-state index contributed by atoms with van der Waals surface area (Å²) in [4.78, 5) is 11.8. The van der Waals surface area contributed by atoms with E-state index in [4.69, 9.17) is 0 Å². The molecule has 0 atom stereocenters. The Kier molecular flexibility index (Phi) is 7.45. The van der Waals surface area contributed by atoms with E-state index in [1.165, 1.54) is 5.57 Å². The molecule has 0 aliphatic carbocycles. The van der Waals surface area contributed by atoms with Gasteiger partial charge in [-0.1, -0.05) is 39.7 Å². The van der Waals surface area contributed by atoms with Gasteiger partial charge in [-0.05, 0) is 31.3 Å². The summed E-state index contributed by atoms with van der Waals surface area (Å²) in [7, 11) is 0. The summed E-state index contributed by atoms with van der Waals surface area (Å²) < 4.78 is 0. The standard InChI is InChI=1S/C13H24O/c1-5-9-11(7-3)12(8-4)13(14)10-6-2/h5-10H2,1-4H3/b12-11-. The van der Waals surface area contributed by atoms with Crippen LogP contribution < -0.4 is 0 Å². The first-order valence-electron chi connectivity index (χ1n) is 5.95. The molecule has 0 spiro atoms. The molecule has 1 heteroatoms. The summed E-state index contributed by atoms with van der Waals surface area (Å²) in [5.41, 5.74) is 2.49. The van der Waals surface area contributed by atoms with Crippen LogP contribution in [0.5, 0.6) is 0 Å². The fourth-order valence-electron chi connectivity index (χ4n) is 1.87. The quantitative estimate of drug-likeness (QED) is 0.556.